The van der Waals surface area contributed by atoms with Crippen LogP contribution in [0.1, 0.15) is 48.3 Å². The van der Waals surface area contributed by atoms with Crippen LogP contribution in [0, 0.1) is 24.7 Å². The minimum Gasteiger partial charge on any atom is -0.384 e. The Kier molecular flexibility index (Phi) is 5.68. The first kappa shape index (κ1) is 18.1. The lowest BCUT2D eigenvalue weighted by Gasteiger charge is -2.20. The Bertz CT molecular complexity index is 814. The third-order valence-corrected chi connectivity index (χ3v) is 4.22. The Morgan fingerprint density at radius 3 is 2.81 bits per heavy atom. The van der Waals surface area contributed by atoms with Gasteiger partial charge in [-0.25, -0.2) is 5.48 Å². The lowest BCUT2D eigenvalue weighted by molar-refractivity contribution is -0.134. The van der Waals surface area contributed by atoms with E-state index in [1.54, 1.807) is 13.0 Å². The fourth-order valence-electron chi connectivity index (χ4n) is 2.51. The zero-order valence-corrected chi connectivity index (χ0v) is 14.2. The molecule has 0 radical (unpaired) electrons. The van der Waals surface area contributed by atoms with Crippen molar-refractivity contribution >= 4 is 5.91 Å². The number of nitrogens with one attached hydrogen (secondary N) is 2. The summed E-state index contributed by atoms with van der Waals surface area (Å²) in [4.78, 5) is 11.9. The molecule has 2 aromatic rings. The van der Waals surface area contributed by atoms with E-state index in [-0.39, 0.29) is 12.2 Å². The number of carbonyl (C=O) groups is 1. The number of aromatic nitrogens is 2. The fraction of sp³-hybridized carbons (Fsp3) is 0.471. The van der Waals surface area contributed by atoms with Crippen molar-refractivity contribution < 1.29 is 24.2 Å². The van der Waals surface area contributed by atoms with Crippen LogP contribution in [0.2, 0.25) is 0 Å². The van der Waals surface area contributed by atoms with E-state index in [9.17, 15) is 9.90 Å². The standard InChI is InChI=1S/C17H20N4O5/c1-10-7-14(21-25-10)16(22)15(17(23)19-24)18-9-12-8-13(26-20-12)6-5-11-3-2-4-11/h7-8,11,15-16,18,22,24H,2-4,9H2,1H3,(H,19,23). The normalized spacial score (nSPS) is 16.3. The molecule has 138 valence electrons. The van der Waals surface area contributed by atoms with Crippen LogP contribution in [0.25, 0.3) is 0 Å². The maximum Gasteiger partial charge on any atom is 0.263 e. The number of carbonyl (C=O) groups excluding carboxylic acids is 1. The summed E-state index contributed by atoms with van der Waals surface area (Å²) in [5.74, 6) is 6.63. The Labute approximate surface area is 149 Å². The average Bonchev–Trinajstić information content (AvgIpc) is 3.22. The molecule has 2 atom stereocenters. The van der Waals surface area contributed by atoms with E-state index in [0.717, 1.165) is 12.8 Å². The van der Waals surface area contributed by atoms with E-state index in [2.05, 4.69) is 27.5 Å². The third kappa shape index (κ3) is 4.29. The van der Waals surface area contributed by atoms with Crippen molar-refractivity contribution in [3.05, 3.63) is 35.0 Å². The molecule has 9 nitrogen and oxygen atoms in total. The highest BCUT2D eigenvalue weighted by molar-refractivity contribution is 5.81. The van der Waals surface area contributed by atoms with Gasteiger partial charge in [-0.3, -0.25) is 15.3 Å². The van der Waals surface area contributed by atoms with Gasteiger partial charge in [0.25, 0.3) is 5.91 Å². The summed E-state index contributed by atoms with van der Waals surface area (Å²) in [6.07, 6.45) is 2.14. The van der Waals surface area contributed by atoms with Crippen LogP contribution in [-0.2, 0) is 11.3 Å². The molecule has 0 spiro atoms. The van der Waals surface area contributed by atoms with Crippen molar-refractivity contribution in [2.24, 2.45) is 5.92 Å². The Morgan fingerprint density at radius 2 is 2.19 bits per heavy atom. The van der Waals surface area contributed by atoms with E-state index in [0.29, 0.717) is 23.1 Å². The van der Waals surface area contributed by atoms with Gasteiger partial charge in [-0.05, 0) is 25.7 Å². The second kappa shape index (κ2) is 8.14. The highest BCUT2D eigenvalue weighted by atomic mass is 16.5. The van der Waals surface area contributed by atoms with Crippen molar-refractivity contribution in [2.45, 2.75) is 44.9 Å². The van der Waals surface area contributed by atoms with E-state index >= 15 is 0 Å². The summed E-state index contributed by atoms with van der Waals surface area (Å²) in [5, 5.41) is 29.6. The maximum atomic E-state index is 11.9. The summed E-state index contributed by atoms with van der Waals surface area (Å²) in [5.41, 5.74) is 2.22. The van der Waals surface area contributed by atoms with Gasteiger partial charge in [0.15, 0.2) is 0 Å². The summed E-state index contributed by atoms with van der Waals surface area (Å²) in [6.45, 7) is 1.79. The molecule has 1 aliphatic rings. The molecule has 2 unspecified atom stereocenters. The van der Waals surface area contributed by atoms with E-state index in [4.69, 9.17) is 14.3 Å². The molecule has 0 bridgehead atoms. The Balaban J connectivity index is 1.63. The maximum absolute atomic E-state index is 11.9. The van der Waals surface area contributed by atoms with E-state index in [1.807, 2.05) is 0 Å². The number of hydroxylamine groups is 1. The number of nitrogens with zero attached hydrogens (tertiary/aromatic N) is 2. The van der Waals surface area contributed by atoms with Crippen molar-refractivity contribution in [1.29, 1.82) is 0 Å². The average molecular weight is 360 g/mol. The van der Waals surface area contributed by atoms with Crippen molar-refractivity contribution in [2.75, 3.05) is 0 Å². The predicted octanol–water partition coefficient (Wildman–Crippen LogP) is 0.820. The first-order valence-corrected chi connectivity index (χ1v) is 8.32. The molecular formula is C17H20N4O5. The molecule has 2 heterocycles. The van der Waals surface area contributed by atoms with Crippen molar-refractivity contribution in [1.82, 2.24) is 21.1 Å². The quantitative estimate of drug-likeness (QED) is 0.338. The smallest absolute Gasteiger partial charge is 0.263 e. The number of aliphatic hydroxyl groups is 1. The molecule has 4 N–H and O–H groups in total. The summed E-state index contributed by atoms with van der Waals surface area (Å²) < 4.78 is 10.0. The molecule has 26 heavy (non-hydrogen) atoms. The Morgan fingerprint density at radius 1 is 1.38 bits per heavy atom. The Hall–Kier alpha value is -2.67. The fourth-order valence-corrected chi connectivity index (χ4v) is 2.51. The third-order valence-electron chi connectivity index (χ3n) is 4.22. The molecule has 9 heteroatoms. The molecule has 0 aromatic carbocycles. The van der Waals surface area contributed by atoms with Gasteiger partial charge in [-0.15, -0.1) is 0 Å². The molecule has 0 saturated heterocycles. The monoisotopic (exact) mass is 360 g/mol. The van der Waals surface area contributed by atoms with Crippen LogP contribution in [0.3, 0.4) is 0 Å². The molecule has 0 aliphatic heterocycles. The van der Waals surface area contributed by atoms with Crippen LogP contribution < -0.4 is 10.8 Å². The second-order valence-corrected chi connectivity index (χ2v) is 6.22. The number of rotatable bonds is 6. The first-order chi connectivity index (χ1) is 12.6. The van der Waals surface area contributed by atoms with E-state index < -0.39 is 18.1 Å². The lowest BCUT2D eigenvalue weighted by Crippen LogP contribution is -2.46. The minimum atomic E-state index is -1.32. The van der Waals surface area contributed by atoms with Crippen LogP contribution in [0.15, 0.2) is 21.2 Å². The molecule has 1 aliphatic carbocycles. The zero-order valence-electron chi connectivity index (χ0n) is 14.2. The van der Waals surface area contributed by atoms with Crippen LogP contribution in [0.4, 0.5) is 0 Å². The molecule has 1 fully saturated rings. The predicted molar refractivity (Wildman–Crippen MR) is 87.5 cm³/mol. The van der Waals surface area contributed by atoms with Gasteiger partial charge in [0.2, 0.25) is 5.76 Å². The molecular weight excluding hydrogens is 340 g/mol. The van der Waals surface area contributed by atoms with Crippen molar-refractivity contribution in [3.8, 4) is 11.8 Å². The van der Waals surface area contributed by atoms with Gasteiger partial charge < -0.3 is 14.2 Å². The molecule has 2 aromatic heterocycles. The minimum absolute atomic E-state index is 0.126. The first-order valence-electron chi connectivity index (χ1n) is 8.32. The number of hydrogen-bond acceptors (Lipinski definition) is 8. The summed E-state index contributed by atoms with van der Waals surface area (Å²) >= 11 is 0. The number of aliphatic hydroxyl groups excluding tert-OH is 1. The second-order valence-electron chi connectivity index (χ2n) is 6.22. The van der Waals surface area contributed by atoms with Gasteiger partial charge >= 0.3 is 0 Å². The summed E-state index contributed by atoms with van der Waals surface area (Å²) in [6, 6.07) is 2.01. The topological polar surface area (TPSA) is 134 Å². The molecule has 1 amide bonds. The highest BCUT2D eigenvalue weighted by Crippen LogP contribution is 2.25. The van der Waals surface area contributed by atoms with Gasteiger partial charge in [-0.2, -0.15) is 0 Å². The van der Waals surface area contributed by atoms with Crippen LogP contribution in [-0.4, -0.2) is 32.6 Å². The van der Waals surface area contributed by atoms with Gasteiger partial charge in [0, 0.05) is 24.6 Å². The number of hydrogen-bond donors (Lipinski definition) is 4. The molecule has 3 rings (SSSR count). The summed E-state index contributed by atoms with van der Waals surface area (Å²) in [7, 11) is 0. The van der Waals surface area contributed by atoms with Crippen LogP contribution in [0.5, 0.6) is 0 Å². The highest BCUT2D eigenvalue weighted by Gasteiger charge is 2.30. The van der Waals surface area contributed by atoms with Gasteiger partial charge in [0.05, 0.1) is 5.69 Å². The lowest BCUT2D eigenvalue weighted by atomic mass is 9.86. The molecule has 1 saturated carbocycles. The largest absolute Gasteiger partial charge is 0.384 e. The SMILES string of the molecule is Cc1cc(C(O)C(NCc2cc(C#CC3CCC3)on2)C(=O)NO)no1. The number of amides is 1. The van der Waals surface area contributed by atoms with Gasteiger partial charge in [-0.1, -0.05) is 22.7 Å². The van der Waals surface area contributed by atoms with E-state index in [1.165, 1.54) is 18.0 Å². The van der Waals surface area contributed by atoms with Gasteiger partial charge in [0.1, 0.15) is 23.6 Å². The van der Waals surface area contributed by atoms with Crippen molar-refractivity contribution in [3.63, 3.8) is 0 Å². The number of aryl methyl sites for hydroxylation is 1. The van der Waals surface area contributed by atoms with Crippen LogP contribution >= 0.6 is 0 Å². The zero-order chi connectivity index (χ0) is 18.5.